The SMILES string of the molecule is O=C(Nc1ccc(NC(O)Nc2cc(C(=O)OCCC(F)(F)C(F)(F)C(F)(F)C(F)(F)C(F)(F)C(F)(F)C(F)(F)C(F)(F)F)cc(C(=O)OCCC(F)(F)C(F)(F)C(F)(F)C(F)(F)C(F)(F)C(F)(F)C(F)(F)C(F)(F)F)c2)cc1)Nc1cc(C(=O)OCCC(F)(F)C(F)(F)C(F)(F)C(F)(F)C(F)(F)C(F)(F)C(F)(F)C(F)(F)F)cc(C(=O)OCCC(F)(F)C(F)(F)C(F)(F)C(F)(F)C(F)(F)C(F)(F)C(F)(F)C(F)(F)F)c1. The summed E-state index contributed by atoms with van der Waals surface area (Å²) >= 11 is 0. The number of carbonyl (C=O) groups is 5. The van der Waals surface area contributed by atoms with Crippen LogP contribution in [-0.2, 0) is 18.9 Å². The Bertz CT molecular complexity index is 4880. The maximum Gasteiger partial charge on any atom is 0.460 e. The topological polar surface area (TPSA) is 191 Å². The lowest BCUT2D eigenvalue weighted by molar-refractivity contribution is -0.461. The number of halogens is 68. The maximum absolute atomic E-state index is 14.7. The number of ether oxygens (including phenoxy) is 4. The van der Waals surface area contributed by atoms with E-state index in [2.05, 4.69) is 18.9 Å². The van der Waals surface area contributed by atoms with E-state index in [0.29, 0.717) is 24.3 Å². The summed E-state index contributed by atoms with van der Waals surface area (Å²) in [6.07, 6.45) is -51.0. The average molecular weight is 2310 g/mol. The van der Waals surface area contributed by atoms with Gasteiger partial charge in [-0.3, -0.25) is 0 Å². The van der Waals surface area contributed by atoms with Gasteiger partial charge in [-0.05, 0) is 60.7 Å². The van der Waals surface area contributed by atoms with Crippen LogP contribution < -0.4 is 21.3 Å². The summed E-state index contributed by atoms with van der Waals surface area (Å²) in [5.41, 5.74) is -12.9. The second kappa shape index (κ2) is 38.6. The van der Waals surface area contributed by atoms with Crippen LogP contribution in [0.3, 0.4) is 0 Å². The molecule has 0 saturated heterocycles. The van der Waals surface area contributed by atoms with Crippen LogP contribution in [0.2, 0.25) is 0 Å². The molecule has 0 aromatic heterocycles. The number of hydrogen-bond acceptors (Lipinski definition) is 12. The van der Waals surface area contributed by atoms with Crippen molar-refractivity contribution in [3.63, 3.8) is 0 Å². The Balaban J connectivity index is 2.21. The second-order valence-electron chi connectivity index (χ2n) is 28.6. The first-order chi connectivity index (χ1) is 63.6. The predicted octanol–water partition coefficient (Wildman–Crippen LogP) is 26.4. The summed E-state index contributed by atoms with van der Waals surface area (Å²) in [5, 5.41) is 16.8. The zero-order valence-electron chi connectivity index (χ0n) is 66.3. The zero-order valence-corrected chi connectivity index (χ0v) is 66.3. The molecular weight excluding hydrogens is 2280 g/mol. The summed E-state index contributed by atoms with van der Waals surface area (Å²) in [5.74, 6) is -257. The van der Waals surface area contributed by atoms with Gasteiger partial charge in [0.2, 0.25) is 6.35 Å². The number of carbonyl (C=O) groups excluding carboxylic acids is 5. The molecule has 844 valence electrons. The van der Waals surface area contributed by atoms with E-state index in [9.17, 15) is 328 Å². The van der Waals surface area contributed by atoms with Gasteiger partial charge in [-0.25, -0.2) is 24.0 Å². The Kier molecular flexibility index (Phi) is 34.3. The summed E-state index contributed by atoms with van der Waals surface area (Å²) < 4.78 is 958. The van der Waals surface area contributed by atoms with Crippen molar-refractivity contribution >= 4 is 52.7 Å². The van der Waals surface area contributed by atoms with E-state index in [1.807, 2.05) is 0 Å². The number of aliphatic hydroxyl groups excluding tert-OH is 1. The van der Waals surface area contributed by atoms with Crippen molar-refractivity contribution in [2.75, 3.05) is 47.7 Å². The zero-order chi connectivity index (χ0) is 116. The molecule has 3 aromatic carbocycles. The van der Waals surface area contributed by atoms with Crippen molar-refractivity contribution in [2.45, 2.75) is 223 Å². The van der Waals surface area contributed by atoms with Crippen LogP contribution in [0.15, 0.2) is 60.7 Å². The number of urea groups is 1. The molecule has 0 heterocycles. The van der Waals surface area contributed by atoms with Gasteiger partial charge < -0.3 is 45.3 Å². The number of esters is 4. The van der Waals surface area contributed by atoms with E-state index in [1.165, 1.54) is 10.6 Å². The summed E-state index contributed by atoms with van der Waals surface area (Å²) in [6.45, 7) is -12.0. The predicted molar refractivity (Wildman–Crippen MR) is 328 cm³/mol. The van der Waals surface area contributed by atoms with Crippen LogP contribution in [0, 0.1) is 0 Å². The Labute approximate surface area is 752 Å². The van der Waals surface area contributed by atoms with E-state index in [4.69, 9.17) is 0 Å². The third-order valence-electron chi connectivity index (χ3n) is 18.6. The molecule has 1 atom stereocenters. The van der Waals surface area contributed by atoms with Crippen LogP contribution in [0.5, 0.6) is 0 Å². The highest BCUT2D eigenvalue weighted by Crippen LogP contribution is 2.71. The molecule has 0 saturated carbocycles. The molecule has 0 fully saturated rings. The molecule has 146 heavy (non-hydrogen) atoms. The van der Waals surface area contributed by atoms with Crippen LogP contribution in [-0.4, -0.2) is 258 Å². The smallest absolute Gasteiger partial charge is 0.460 e. The minimum Gasteiger partial charge on any atom is -0.462 e. The molecule has 0 radical (unpaired) electrons. The van der Waals surface area contributed by atoms with Gasteiger partial charge in [0.05, 0.1) is 74.4 Å². The van der Waals surface area contributed by atoms with Gasteiger partial charge in [0.25, 0.3) is 0 Å². The van der Waals surface area contributed by atoms with Gasteiger partial charge in [-0.15, -0.1) is 0 Å². The van der Waals surface area contributed by atoms with Gasteiger partial charge in [-0.2, -0.15) is 299 Å². The van der Waals surface area contributed by atoms with Crippen molar-refractivity contribution in [2.24, 2.45) is 0 Å². The third-order valence-corrected chi connectivity index (χ3v) is 18.6. The molecule has 2 amide bonds. The van der Waals surface area contributed by atoms with Gasteiger partial charge in [0.15, 0.2) is 0 Å². The molecule has 0 aliphatic heterocycles. The molecule has 3 rings (SSSR count). The normalized spacial score (nSPS) is 15.6. The van der Waals surface area contributed by atoms with Crippen molar-refractivity contribution in [1.29, 1.82) is 0 Å². The standard InChI is InChI=1S/C64H32F68N4O10/c65-33(66,37(73,74)41(81,82)45(89,90)49(97,98)53(105,106)57(113,114)61(121,122)123)5-9-143-27(137)19-13-20(28(138)144-10-6-34(67,68)38(75,76)42(83,84)46(91,92)50(99,100)54(107,108)58(115,116)62(124,125)126)16-25(15-19)135-31(141)133-23-1-2-24(4-3-23)134-32(142)136-26-17-21(29(139)145-11-7-35(69,70)39(77,78)43(85,86)47(93,94)51(101,102)55(109,110)59(117,118)63(127,128)129)14-22(18-26)30(140)146-12-8-36(71,72)40(79,80)44(87,88)48(95,96)52(103,104)56(111,112)60(119,120)64(130,131)132/h1-4,13-18,31,133,135,141H,5-12H2,(H2,134,136,142). The van der Waals surface area contributed by atoms with E-state index in [0.717, 1.165) is 0 Å². The summed E-state index contributed by atoms with van der Waals surface area (Å²) in [4.78, 5) is 65.3. The fourth-order valence-corrected chi connectivity index (χ4v) is 10.0. The first-order valence-electron chi connectivity index (χ1n) is 34.9. The van der Waals surface area contributed by atoms with Gasteiger partial charge in [0, 0.05) is 22.7 Å². The molecule has 5 N–H and O–H groups in total. The first-order valence-corrected chi connectivity index (χ1v) is 34.9. The molecule has 0 spiro atoms. The van der Waals surface area contributed by atoms with E-state index < -0.39 is 336 Å². The molecule has 0 bridgehead atoms. The van der Waals surface area contributed by atoms with Crippen LogP contribution >= 0.6 is 0 Å². The van der Waals surface area contributed by atoms with Gasteiger partial charge in [-0.1, -0.05) is 0 Å². The molecule has 14 nitrogen and oxygen atoms in total. The fourth-order valence-electron chi connectivity index (χ4n) is 10.0. The number of alkyl halides is 68. The molecule has 3 aromatic rings. The highest BCUT2D eigenvalue weighted by molar-refractivity contribution is 6.03. The summed E-state index contributed by atoms with van der Waals surface area (Å²) in [7, 11) is 0. The molecular formula is C64H32F68N4O10. The monoisotopic (exact) mass is 2310 g/mol. The van der Waals surface area contributed by atoms with Crippen molar-refractivity contribution in [1.82, 2.24) is 0 Å². The van der Waals surface area contributed by atoms with Crippen LogP contribution in [0.4, 0.5) is 326 Å². The number of nitrogens with one attached hydrogen (secondary N) is 4. The Morgan fingerprint density at radius 1 is 0.199 bits per heavy atom. The minimum absolute atomic E-state index is 0.212. The number of anilines is 4. The fraction of sp³-hybridized carbons (Fsp3) is 0.641. The largest absolute Gasteiger partial charge is 0.462 e. The lowest BCUT2D eigenvalue weighted by Gasteiger charge is -2.42. The molecule has 82 heteroatoms. The number of amides is 2. The lowest BCUT2D eigenvalue weighted by atomic mass is 9.88. The Morgan fingerprint density at radius 2 is 0.342 bits per heavy atom. The minimum atomic E-state index is -9.27. The van der Waals surface area contributed by atoms with Crippen molar-refractivity contribution in [3.05, 3.63) is 82.9 Å². The average Bonchev–Trinajstić information content (AvgIpc) is 0.704. The van der Waals surface area contributed by atoms with Gasteiger partial charge in [0.1, 0.15) is 0 Å². The number of benzene rings is 3. The first kappa shape index (κ1) is 130. The number of hydrogen-bond donors (Lipinski definition) is 5. The molecule has 1 unspecified atom stereocenters. The highest BCUT2D eigenvalue weighted by Gasteiger charge is 3.01. The Morgan fingerprint density at radius 3 is 0.521 bits per heavy atom. The quantitative estimate of drug-likeness (QED) is 0.0156. The van der Waals surface area contributed by atoms with E-state index in [-0.39, 0.29) is 24.3 Å². The maximum atomic E-state index is 14.7. The van der Waals surface area contributed by atoms with Gasteiger partial charge >= 0.3 is 220 Å². The molecule has 0 aliphatic carbocycles. The number of rotatable bonds is 46. The van der Waals surface area contributed by atoms with E-state index >= 15 is 0 Å². The van der Waals surface area contributed by atoms with E-state index in [1.54, 1.807) is 10.6 Å². The van der Waals surface area contributed by atoms with Crippen LogP contribution in [0.1, 0.15) is 67.1 Å². The lowest BCUT2D eigenvalue weighted by Crippen LogP contribution is -2.74. The van der Waals surface area contributed by atoms with Crippen molar-refractivity contribution in [3.8, 4) is 0 Å². The van der Waals surface area contributed by atoms with Crippen molar-refractivity contribution < 1.29 is 347 Å². The second-order valence-corrected chi connectivity index (χ2v) is 28.6. The molecule has 0 aliphatic rings. The number of aliphatic hydroxyl groups is 1. The third kappa shape index (κ3) is 20.9. The highest BCUT2D eigenvalue weighted by atomic mass is 19.5. The summed E-state index contributed by atoms with van der Waals surface area (Å²) in [6, 6.07) is -2.56. The van der Waals surface area contributed by atoms with Crippen LogP contribution in [0.25, 0.3) is 0 Å². The Hall–Kier alpha value is -10.4.